The van der Waals surface area contributed by atoms with Crippen molar-refractivity contribution in [2.75, 3.05) is 39.3 Å². The van der Waals surface area contributed by atoms with Gasteiger partial charge in [0.1, 0.15) is 0 Å². The molecule has 0 radical (unpaired) electrons. The Morgan fingerprint density at radius 1 is 1.31 bits per heavy atom. The highest BCUT2D eigenvalue weighted by Gasteiger charge is 2.49. The molecule has 0 amide bonds. The third kappa shape index (κ3) is 1.69. The second-order valence-electron chi connectivity index (χ2n) is 6.16. The zero-order valence-corrected chi connectivity index (χ0v) is 10.7. The molecule has 0 aliphatic carbocycles. The van der Waals surface area contributed by atoms with Crippen molar-refractivity contribution in [1.82, 2.24) is 15.1 Å². The van der Waals surface area contributed by atoms with Crippen molar-refractivity contribution in [3.8, 4) is 0 Å². The monoisotopic (exact) mass is 223 g/mol. The molecular formula is C13H25N3. The summed E-state index contributed by atoms with van der Waals surface area (Å²) in [4.78, 5) is 5.36. The van der Waals surface area contributed by atoms with Crippen LogP contribution in [0.25, 0.3) is 0 Å². The van der Waals surface area contributed by atoms with Crippen molar-refractivity contribution in [2.45, 2.75) is 38.8 Å². The first-order valence-corrected chi connectivity index (χ1v) is 6.91. The van der Waals surface area contributed by atoms with E-state index in [1.165, 1.54) is 52.1 Å². The molecule has 0 aromatic heterocycles. The second kappa shape index (κ2) is 3.97. The first-order chi connectivity index (χ1) is 7.72. The molecule has 1 N–H and O–H groups in total. The van der Waals surface area contributed by atoms with E-state index in [1.807, 2.05) is 0 Å². The average molecular weight is 223 g/mol. The number of piperidine rings is 1. The van der Waals surface area contributed by atoms with Gasteiger partial charge in [0.2, 0.25) is 0 Å². The molecule has 3 fully saturated rings. The predicted octanol–water partition coefficient (Wildman–Crippen LogP) is 0.764. The lowest BCUT2D eigenvalue weighted by Gasteiger charge is -2.59. The summed E-state index contributed by atoms with van der Waals surface area (Å²) in [6.45, 7) is 12.5. The van der Waals surface area contributed by atoms with Crippen LogP contribution in [-0.4, -0.2) is 61.2 Å². The molecule has 0 saturated carbocycles. The van der Waals surface area contributed by atoms with Gasteiger partial charge in [0.05, 0.1) is 0 Å². The van der Waals surface area contributed by atoms with Gasteiger partial charge < -0.3 is 10.2 Å². The van der Waals surface area contributed by atoms with Gasteiger partial charge in [0.15, 0.2) is 0 Å². The molecule has 0 bridgehead atoms. The van der Waals surface area contributed by atoms with E-state index in [9.17, 15) is 0 Å². The predicted molar refractivity (Wildman–Crippen MR) is 66.6 cm³/mol. The largest absolute Gasteiger partial charge is 0.315 e. The molecule has 1 spiro atoms. The van der Waals surface area contributed by atoms with E-state index in [4.69, 9.17) is 0 Å². The summed E-state index contributed by atoms with van der Waals surface area (Å²) in [5.41, 5.74) is 0.700. The first-order valence-electron chi connectivity index (χ1n) is 6.91. The quantitative estimate of drug-likeness (QED) is 0.746. The van der Waals surface area contributed by atoms with Gasteiger partial charge >= 0.3 is 0 Å². The lowest BCUT2D eigenvalue weighted by atomic mass is 9.73. The van der Waals surface area contributed by atoms with E-state index in [2.05, 4.69) is 29.0 Å². The normalized spacial score (nSPS) is 39.4. The summed E-state index contributed by atoms with van der Waals surface area (Å²) in [6.07, 6.45) is 2.78. The van der Waals surface area contributed by atoms with Gasteiger partial charge in [-0.3, -0.25) is 4.90 Å². The molecule has 2 atom stereocenters. The van der Waals surface area contributed by atoms with Gasteiger partial charge in [0.25, 0.3) is 0 Å². The average Bonchev–Trinajstić information content (AvgIpc) is 2.13. The molecule has 3 heteroatoms. The Kier molecular flexibility index (Phi) is 2.73. The Hall–Kier alpha value is -0.120. The van der Waals surface area contributed by atoms with Gasteiger partial charge in [-0.2, -0.15) is 0 Å². The fraction of sp³-hybridized carbons (Fsp3) is 1.00. The van der Waals surface area contributed by atoms with Gasteiger partial charge in [0, 0.05) is 43.7 Å². The van der Waals surface area contributed by atoms with Gasteiger partial charge in [-0.1, -0.05) is 6.92 Å². The molecule has 0 aromatic carbocycles. The maximum absolute atomic E-state index is 3.42. The Morgan fingerprint density at radius 2 is 2.06 bits per heavy atom. The SMILES string of the molecule is CCN1CCC(N2CC3(CNC3)C2)CC1C. The highest BCUT2D eigenvalue weighted by molar-refractivity contribution is 5.06. The van der Waals surface area contributed by atoms with Crippen molar-refractivity contribution in [3.63, 3.8) is 0 Å². The summed E-state index contributed by atoms with van der Waals surface area (Å²) in [7, 11) is 0. The Bertz CT molecular complexity index is 254. The van der Waals surface area contributed by atoms with Crippen LogP contribution in [0.2, 0.25) is 0 Å². The van der Waals surface area contributed by atoms with Crippen LogP contribution in [0, 0.1) is 5.41 Å². The minimum absolute atomic E-state index is 0.700. The van der Waals surface area contributed by atoms with Crippen LogP contribution < -0.4 is 5.32 Å². The second-order valence-corrected chi connectivity index (χ2v) is 6.16. The summed E-state index contributed by atoms with van der Waals surface area (Å²) in [6, 6.07) is 1.67. The van der Waals surface area contributed by atoms with Crippen molar-refractivity contribution in [2.24, 2.45) is 5.41 Å². The number of hydrogen-bond acceptors (Lipinski definition) is 3. The fourth-order valence-electron chi connectivity index (χ4n) is 3.77. The fourth-order valence-corrected chi connectivity index (χ4v) is 3.77. The highest BCUT2D eigenvalue weighted by Crippen LogP contribution is 2.37. The summed E-state index contributed by atoms with van der Waals surface area (Å²) in [5, 5.41) is 3.42. The van der Waals surface area contributed by atoms with Gasteiger partial charge in [-0.15, -0.1) is 0 Å². The molecular weight excluding hydrogens is 198 g/mol. The molecule has 3 heterocycles. The standard InChI is InChI=1S/C13H25N3/c1-3-15-5-4-12(6-11(15)2)16-9-13(10-16)7-14-8-13/h11-12,14H,3-10H2,1-2H3. The number of nitrogens with zero attached hydrogens (tertiary/aromatic N) is 2. The molecule has 3 aliphatic rings. The maximum atomic E-state index is 3.42. The molecule has 2 unspecified atom stereocenters. The zero-order valence-electron chi connectivity index (χ0n) is 10.7. The summed E-state index contributed by atoms with van der Waals surface area (Å²) < 4.78 is 0. The van der Waals surface area contributed by atoms with E-state index in [0.717, 1.165) is 12.1 Å². The Morgan fingerprint density at radius 3 is 2.56 bits per heavy atom. The van der Waals surface area contributed by atoms with Crippen LogP contribution >= 0.6 is 0 Å². The minimum Gasteiger partial charge on any atom is -0.315 e. The maximum Gasteiger partial charge on any atom is 0.0207 e. The zero-order chi connectivity index (χ0) is 11.2. The first kappa shape index (κ1) is 11.0. The van der Waals surface area contributed by atoms with E-state index in [0.29, 0.717) is 5.41 Å². The minimum atomic E-state index is 0.700. The van der Waals surface area contributed by atoms with Crippen LogP contribution in [0.3, 0.4) is 0 Å². The lowest BCUT2D eigenvalue weighted by Crippen LogP contribution is -2.73. The Balaban J connectivity index is 1.50. The summed E-state index contributed by atoms with van der Waals surface area (Å²) >= 11 is 0. The van der Waals surface area contributed by atoms with Gasteiger partial charge in [-0.25, -0.2) is 0 Å². The Labute approximate surface area is 99.2 Å². The van der Waals surface area contributed by atoms with Crippen LogP contribution in [0.5, 0.6) is 0 Å². The molecule has 3 aliphatic heterocycles. The molecule has 3 nitrogen and oxygen atoms in total. The van der Waals surface area contributed by atoms with E-state index in [-0.39, 0.29) is 0 Å². The number of rotatable bonds is 2. The summed E-state index contributed by atoms with van der Waals surface area (Å²) in [5.74, 6) is 0. The van der Waals surface area contributed by atoms with Crippen molar-refractivity contribution >= 4 is 0 Å². The van der Waals surface area contributed by atoms with Crippen molar-refractivity contribution in [1.29, 1.82) is 0 Å². The number of hydrogen-bond donors (Lipinski definition) is 1. The third-order valence-electron chi connectivity index (χ3n) is 4.99. The van der Waals surface area contributed by atoms with Crippen LogP contribution in [-0.2, 0) is 0 Å². The van der Waals surface area contributed by atoms with Crippen LogP contribution in [0.1, 0.15) is 26.7 Å². The van der Waals surface area contributed by atoms with E-state index in [1.54, 1.807) is 0 Å². The van der Waals surface area contributed by atoms with Gasteiger partial charge in [-0.05, 0) is 32.9 Å². The van der Waals surface area contributed by atoms with E-state index >= 15 is 0 Å². The van der Waals surface area contributed by atoms with E-state index < -0.39 is 0 Å². The van der Waals surface area contributed by atoms with Crippen molar-refractivity contribution < 1.29 is 0 Å². The molecule has 3 rings (SSSR count). The molecule has 92 valence electrons. The third-order valence-corrected chi connectivity index (χ3v) is 4.99. The topological polar surface area (TPSA) is 18.5 Å². The van der Waals surface area contributed by atoms with Crippen LogP contribution in [0.15, 0.2) is 0 Å². The molecule has 0 aromatic rings. The molecule has 16 heavy (non-hydrogen) atoms. The highest BCUT2D eigenvalue weighted by atomic mass is 15.3. The lowest BCUT2D eigenvalue weighted by molar-refractivity contribution is -0.0819. The smallest absolute Gasteiger partial charge is 0.0207 e. The van der Waals surface area contributed by atoms with Crippen LogP contribution in [0.4, 0.5) is 0 Å². The molecule has 3 saturated heterocycles. The van der Waals surface area contributed by atoms with Crippen molar-refractivity contribution in [3.05, 3.63) is 0 Å². The number of likely N-dealkylation sites (tertiary alicyclic amines) is 2. The number of nitrogens with one attached hydrogen (secondary N) is 1.